The van der Waals surface area contributed by atoms with Crippen molar-refractivity contribution in [3.63, 3.8) is 0 Å². The van der Waals surface area contributed by atoms with Crippen LogP contribution < -0.4 is 0 Å². The molecular weight excluding hydrogens is 695 g/mol. The lowest BCUT2D eigenvalue weighted by Crippen LogP contribution is -2.02. The molecule has 3 aromatic heterocycles. The first-order valence-electron chi connectivity index (χ1n) is 19.3. The van der Waals surface area contributed by atoms with E-state index in [9.17, 15) is 0 Å². The number of allylic oxidation sites excluding steroid dienone is 3. The SMILES string of the molecule is C1=Cc2c(c3cc(-c4ccc5c(c4)c4ccccc4n5-c4ccccc4)ccc3n2-c2ccccc2)CC=C1c1nc(-c2ccccc2)nc(-c2ccccc2)n1. The molecule has 0 saturated carbocycles. The summed E-state index contributed by atoms with van der Waals surface area (Å²) in [6.45, 7) is 0. The second-order valence-electron chi connectivity index (χ2n) is 14.4. The molecule has 11 rings (SSSR count). The summed E-state index contributed by atoms with van der Waals surface area (Å²) in [6, 6.07) is 64.1. The number of rotatable bonds is 6. The molecular formula is C52H35N5. The van der Waals surface area contributed by atoms with Gasteiger partial charge in [-0.3, -0.25) is 0 Å². The first-order chi connectivity index (χ1) is 28.3. The van der Waals surface area contributed by atoms with Crippen molar-refractivity contribution in [2.75, 3.05) is 0 Å². The van der Waals surface area contributed by atoms with E-state index in [4.69, 9.17) is 15.0 Å². The van der Waals surface area contributed by atoms with Gasteiger partial charge in [0.05, 0.1) is 22.2 Å². The van der Waals surface area contributed by atoms with Crippen LogP contribution in [-0.2, 0) is 6.42 Å². The minimum atomic E-state index is 0.656. The van der Waals surface area contributed by atoms with E-state index >= 15 is 0 Å². The molecule has 1 aliphatic carbocycles. The lowest BCUT2D eigenvalue weighted by Gasteiger charge is -2.10. The Kier molecular flexibility index (Phi) is 7.81. The Morgan fingerprint density at radius 2 is 0.860 bits per heavy atom. The van der Waals surface area contributed by atoms with Crippen LogP contribution in [0.1, 0.15) is 17.1 Å². The van der Waals surface area contributed by atoms with Crippen LogP contribution >= 0.6 is 0 Å². The van der Waals surface area contributed by atoms with Gasteiger partial charge in [-0.05, 0) is 89.9 Å². The summed E-state index contributed by atoms with van der Waals surface area (Å²) in [5, 5.41) is 3.71. The van der Waals surface area contributed by atoms with Crippen LogP contribution in [0.25, 0.3) is 89.6 Å². The Morgan fingerprint density at radius 3 is 1.49 bits per heavy atom. The maximum atomic E-state index is 5.06. The number of nitrogens with zero attached hydrogens (tertiary/aromatic N) is 5. The summed E-state index contributed by atoms with van der Waals surface area (Å²) < 4.78 is 4.75. The molecule has 57 heavy (non-hydrogen) atoms. The molecule has 0 saturated heterocycles. The Labute approximate surface area is 330 Å². The number of benzene rings is 7. The normalized spacial score (nSPS) is 12.5. The first kappa shape index (κ1) is 32.8. The van der Waals surface area contributed by atoms with Crippen molar-refractivity contribution in [2.24, 2.45) is 0 Å². The molecule has 0 spiro atoms. The zero-order chi connectivity index (χ0) is 37.7. The van der Waals surface area contributed by atoms with Crippen LogP contribution in [0.2, 0.25) is 0 Å². The monoisotopic (exact) mass is 729 g/mol. The van der Waals surface area contributed by atoms with Gasteiger partial charge in [0.1, 0.15) is 0 Å². The van der Waals surface area contributed by atoms with Crippen LogP contribution in [0.15, 0.2) is 194 Å². The molecule has 3 heterocycles. The number of fused-ring (bicyclic) bond motifs is 6. The van der Waals surface area contributed by atoms with Gasteiger partial charge in [0.15, 0.2) is 17.5 Å². The standard InChI is InChI=1S/C52H35N5/c1-5-15-35(16-6-1)50-53-51(36-17-7-2-8-18-36)55-52(54-50)37-25-29-43-45-34-39(28-32-49(45)57(47(43)30-26-37)41-21-11-4-12-22-41)38-27-31-48-44(33-38)42-23-13-14-24-46(42)56(48)40-19-9-3-10-20-40/h1-28,30-34H,29H2. The molecule has 5 heteroatoms. The molecule has 268 valence electrons. The van der Waals surface area contributed by atoms with Gasteiger partial charge in [0.25, 0.3) is 0 Å². The topological polar surface area (TPSA) is 48.5 Å². The molecule has 0 fully saturated rings. The van der Waals surface area contributed by atoms with Gasteiger partial charge >= 0.3 is 0 Å². The molecule has 7 aromatic carbocycles. The summed E-state index contributed by atoms with van der Waals surface area (Å²) in [5.74, 6) is 1.97. The maximum Gasteiger partial charge on any atom is 0.164 e. The Bertz CT molecular complexity index is 3120. The second-order valence-corrected chi connectivity index (χ2v) is 14.4. The highest BCUT2D eigenvalue weighted by Crippen LogP contribution is 2.39. The Hall–Kier alpha value is -7.63. The van der Waals surface area contributed by atoms with Gasteiger partial charge < -0.3 is 9.13 Å². The van der Waals surface area contributed by atoms with E-state index in [0.29, 0.717) is 23.9 Å². The Morgan fingerprint density at radius 1 is 0.368 bits per heavy atom. The van der Waals surface area contributed by atoms with Crippen LogP contribution in [0.5, 0.6) is 0 Å². The summed E-state index contributed by atoms with van der Waals surface area (Å²) in [7, 11) is 0. The van der Waals surface area contributed by atoms with E-state index in [1.165, 1.54) is 49.4 Å². The highest BCUT2D eigenvalue weighted by molar-refractivity contribution is 6.10. The lowest BCUT2D eigenvalue weighted by atomic mass is 9.99. The van der Waals surface area contributed by atoms with Crippen molar-refractivity contribution in [3.05, 3.63) is 211 Å². The highest BCUT2D eigenvalue weighted by Gasteiger charge is 2.21. The zero-order valence-corrected chi connectivity index (χ0v) is 31.0. The predicted molar refractivity (Wildman–Crippen MR) is 234 cm³/mol. The smallest absolute Gasteiger partial charge is 0.164 e. The number of para-hydroxylation sites is 3. The summed E-state index contributed by atoms with van der Waals surface area (Å²) in [6.07, 6.45) is 7.39. The van der Waals surface area contributed by atoms with Crippen LogP contribution in [0, 0.1) is 0 Å². The van der Waals surface area contributed by atoms with E-state index in [1.807, 2.05) is 60.7 Å². The van der Waals surface area contributed by atoms with E-state index in [1.54, 1.807) is 0 Å². The molecule has 1 aliphatic rings. The third-order valence-corrected chi connectivity index (χ3v) is 11.1. The van der Waals surface area contributed by atoms with E-state index in [0.717, 1.165) is 33.8 Å². The average molecular weight is 730 g/mol. The van der Waals surface area contributed by atoms with E-state index in [2.05, 4.69) is 149 Å². The van der Waals surface area contributed by atoms with Gasteiger partial charge in [-0.1, -0.05) is 133 Å². The summed E-state index contributed by atoms with van der Waals surface area (Å²) in [5.41, 5.74) is 13.5. The fraction of sp³-hybridized carbons (Fsp3) is 0.0192. The molecule has 0 bridgehead atoms. The first-order valence-corrected chi connectivity index (χ1v) is 19.3. The molecule has 10 aromatic rings. The van der Waals surface area contributed by atoms with Gasteiger partial charge in [-0.25, -0.2) is 15.0 Å². The minimum Gasteiger partial charge on any atom is -0.310 e. The minimum absolute atomic E-state index is 0.656. The average Bonchev–Trinajstić information content (AvgIpc) is 3.68. The van der Waals surface area contributed by atoms with E-state index < -0.39 is 0 Å². The molecule has 0 aliphatic heterocycles. The lowest BCUT2D eigenvalue weighted by molar-refractivity contribution is 1.04. The zero-order valence-electron chi connectivity index (χ0n) is 31.0. The largest absolute Gasteiger partial charge is 0.310 e. The van der Waals surface area contributed by atoms with Gasteiger partial charge in [-0.2, -0.15) is 0 Å². The molecule has 0 N–H and O–H groups in total. The molecule has 5 nitrogen and oxygen atoms in total. The van der Waals surface area contributed by atoms with Crippen molar-refractivity contribution in [3.8, 4) is 45.3 Å². The molecule has 0 unspecified atom stereocenters. The van der Waals surface area contributed by atoms with Crippen LogP contribution in [-0.4, -0.2) is 24.1 Å². The van der Waals surface area contributed by atoms with Gasteiger partial charge in [0, 0.05) is 44.2 Å². The summed E-state index contributed by atoms with van der Waals surface area (Å²) in [4.78, 5) is 15.0. The molecule has 0 amide bonds. The third-order valence-electron chi connectivity index (χ3n) is 11.1. The fourth-order valence-electron chi connectivity index (χ4n) is 8.36. The van der Waals surface area contributed by atoms with Crippen LogP contribution in [0.3, 0.4) is 0 Å². The Balaban J connectivity index is 1.06. The maximum absolute atomic E-state index is 5.06. The third kappa shape index (κ3) is 5.68. The van der Waals surface area contributed by atoms with Gasteiger partial charge in [-0.15, -0.1) is 0 Å². The van der Waals surface area contributed by atoms with E-state index in [-0.39, 0.29) is 0 Å². The van der Waals surface area contributed by atoms with Crippen molar-refractivity contribution in [1.29, 1.82) is 0 Å². The molecule has 0 radical (unpaired) electrons. The predicted octanol–water partition coefficient (Wildman–Crippen LogP) is 12.6. The quantitative estimate of drug-likeness (QED) is 0.171. The van der Waals surface area contributed by atoms with Crippen LogP contribution in [0.4, 0.5) is 0 Å². The molecule has 0 atom stereocenters. The second kappa shape index (κ2) is 13.6. The van der Waals surface area contributed by atoms with Crippen molar-refractivity contribution < 1.29 is 0 Å². The number of hydrogen-bond acceptors (Lipinski definition) is 3. The fourth-order valence-corrected chi connectivity index (χ4v) is 8.36. The van der Waals surface area contributed by atoms with Crippen molar-refractivity contribution in [1.82, 2.24) is 24.1 Å². The summed E-state index contributed by atoms with van der Waals surface area (Å²) >= 11 is 0. The number of hydrogen-bond donors (Lipinski definition) is 0. The number of aromatic nitrogens is 5. The van der Waals surface area contributed by atoms with Crippen molar-refractivity contribution in [2.45, 2.75) is 6.42 Å². The van der Waals surface area contributed by atoms with Gasteiger partial charge in [0.2, 0.25) is 0 Å². The highest BCUT2D eigenvalue weighted by atomic mass is 15.0. The van der Waals surface area contributed by atoms with Crippen molar-refractivity contribution >= 4 is 44.4 Å².